The molecule has 0 radical (unpaired) electrons. The van der Waals surface area contributed by atoms with Crippen LogP contribution in [-0.4, -0.2) is 26.3 Å². The third-order valence-corrected chi connectivity index (χ3v) is 2.27. The third kappa shape index (κ3) is 11.9. The maximum Gasteiger partial charge on any atom is 0.0590 e. The maximum atomic E-state index is 5.48. The molecule has 0 aromatic rings. The monoisotopic (exact) mass is 201 g/mol. The standard InChI is InChI=1S/C12H27NO/c1-3-5-7-9-13-10-12-14-11-8-6-4-2/h13H,3-12H2,1-2H3. The Morgan fingerprint density at radius 2 is 1.50 bits per heavy atom. The second-order valence-corrected chi connectivity index (χ2v) is 3.78. The fraction of sp³-hybridized carbons (Fsp3) is 1.00. The van der Waals surface area contributed by atoms with Crippen molar-refractivity contribution in [2.24, 2.45) is 0 Å². The van der Waals surface area contributed by atoms with Gasteiger partial charge < -0.3 is 10.1 Å². The van der Waals surface area contributed by atoms with Gasteiger partial charge in [-0.1, -0.05) is 39.5 Å². The molecule has 0 amide bonds. The molecule has 14 heavy (non-hydrogen) atoms. The van der Waals surface area contributed by atoms with Crippen LogP contribution in [0.3, 0.4) is 0 Å². The van der Waals surface area contributed by atoms with Crippen molar-refractivity contribution >= 4 is 0 Å². The summed E-state index contributed by atoms with van der Waals surface area (Å²) in [5.74, 6) is 0. The van der Waals surface area contributed by atoms with Gasteiger partial charge >= 0.3 is 0 Å². The molecule has 0 atom stereocenters. The summed E-state index contributed by atoms with van der Waals surface area (Å²) in [5.41, 5.74) is 0. The summed E-state index contributed by atoms with van der Waals surface area (Å²) < 4.78 is 5.48. The second kappa shape index (κ2) is 12.9. The Labute approximate surface area is 89.4 Å². The first kappa shape index (κ1) is 13.9. The van der Waals surface area contributed by atoms with Crippen molar-refractivity contribution in [2.45, 2.75) is 52.4 Å². The van der Waals surface area contributed by atoms with Gasteiger partial charge in [0.2, 0.25) is 0 Å². The summed E-state index contributed by atoms with van der Waals surface area (Å²) in [4.78, 5) is 0. The van der Waals surface area contributed by atoms with Crippen LogP contribution < -0.4 is 5.32 Å². The Morgan fingerprint density at radius 1 is 0.786 bits per heavy atom. The van der Waals surface area contributed by atoms with E-state index in [9.17, 15) is 0 Å². The van der Waals surface area contributed by atoms with Gasteiger partial charge in [-0.25, -0.2) is 0 Å². The van der Waals surface area contributed by atoms with Crippen LogP contribution in [0.5, 0.6) is 0 Å². The lowest BCUT2D eigenvalue weighted by molar-refractivity contribution is 0.132. The van der Waals surface area contributed by atoms with E-state index >= 15 is 0 Å². The molecule has 2 heteroatoms. The predicted molar refractivity (Wildman–Crippen MR) is 62.7 cm³/mol. The Hall–Kier alpha value is -0.0800. The quantitative estimate of drug-likeness (QED) is 0.519. The van der Waals surface area contributed by atoms with Gasteiger partial charge in [-0.3, -0.25) is 0 Å². The first-order valence-corrected chi connectivity index (χ1v) is 6.20. The van der Waals surface area contributed by atoms with Crippen LogP contribution in [0, 0.1) is 0 Å². The summed E-state index contributed by atoms with van der Waals surface area (Å²) in [6, 6.07) is 0. The zero-order valence-electron chi connectivity index (χ0n) is 9.98. The van der Waals surface area contributed by atoms with E-state index in [2.05, 4.69) is 19.2 Å². The van der Waals surface area contributed by atoms with E-state index < -0.39 is 0 Å². The van der Waals surface area contributed by atoms with Crippen LogP contribution in [-0.2, 0) is 4.74 Å². The summed E-state index contributed by atoms with van der Waals surface area (Å²) in [7, 11) is 0. The van der Waals surface area contributed by atoms with Crippen molar-refractivity contribution in [2.75, 3.05) is 26.3 Å². The molecule has 1 N–H and O–H groups in total. The highest BCUT2D eigenvalue weighted by molar-refractivity contribution is 4.47. The highest BCUT2D eigenvalue weighted by Crippen LogP contribution is 1.93. The zero-order valence-corrected chi connectivity index (χ0v) is 9.98. The molecule has 0 unspecified atom stereocenters. The molecule has 0 heterocycles. The van der Waals surface area contributed by atoms with Gasteiger partial charge in [-0.05, 0) is 19.4 Å². The normalized spacial score (nSPS) is 10.7. The number of hydrogen-bond acceptors (Lipinski definition) is 2. The topological polar surface area (TPSA) is 21.3 Å². The summed E-state index contributed by atoms with van der Waals surface area (Å²) in [6.45, 7) is 8.41. The molecule has 2 nitrogen and oxygen atoms in total. The first-order valence-electron chi connectivity index (χ1n) is 6.20. The predicted octanol–water partition coefficient (Wildman–Crippen LogP) is 2.97. The van der Waals surface area contributed by atoms with Crippen LogP contribution in [0.4, 0.5) is 0 Å². The Morgan fingerprint density at radius 3 is 2.21 bits per heavy atom. The molecular formula is C12H27NO. The molecule has 0 spiro atoms. The minimum atomic E-state index is 0.871. The smallest absolute Gasteiger partial charge is 0.0590 e. The van der Waals surface area contributed by atoms with Crippen LogP contribution >= 0.6 is 0 Å². The molecule has 0 aromatic heterocycles. The Balaban J connectivity index is 2.78. The fourth-order valence-corrected chi connectivity index (χ4v) is 1.33. The van der Waals surface area contributed by atoms with Crippen LogP contribution in [0.1, 0.15) is 52.4 Å². The molecule has 0 aliphatic rings. The summed E-state index contributed by atoms with van der Waals surface area (Å²) >= 11 is 0. The van der Waals surface area contributed by atoms with Gasteiger partial charge in [-0.15, -0.1) is 0 Å². The fourth-order valence-electron chi connectivity index (χ4n) is 1.33. The van der Waals surface area contributed by atoms with E-state index in [0.29, 0.717) is 0 Å². The van der Waals surface area contributed by atoms with E-state index in [4.69, 9.17) is 4.74 Å². The van der Waals surface area contributed by atoms with Crippen molar-refractivity contribution in [1.29, 1.82) is 0 Å². The lowest BCUT2D eigenvalue weighted by Gasteiger charge is -2.05. The van der Waals surface area contributed by atoms with Crippen molar-refractivity contribution < 1.29 is 4.74 Å². The van der Waals surface area contributed by atoms with Crippen molar-refractivity contribution in [3.05, 3.63) is 0 Å². The molecule has 0 aromatic carbocycles. The highest BCUT2D eigenvalue weighted by Gasteiger charge is 1.89. The van der Waals surface area contributed by atoms with Crippen molar-refractivity contribution in [1.82, 2.24) is 5.32 Å². The highest BCUT2D eigenvalue weighted by atomic mass is 16.5. The average Bonchev–Trinajstić information content (AvgIpc) is 2.21. The number of rotatable bonds is 11. The van der Waals surface area contributed by atoms with Crippen LogP contribution in [0.25, 0.3) is 0 Å². The summed E-state index contributed by atoms with van der Waals surface area (Å²) in [6.07, 6.45) is 7.72. The van der Waals surface area contributed by atoms with E-state index in [0.717, 1.165) is 26.3 Å². The van der Waals surface area contributed by atoms with Crippen LogP contribution in [0.15, 0.2) is 0 Å². The Kier molecular flexibility index (Phi) is 12.8. The van der Waals surface area contributed by atoms with Gasteiger partial charge in [0.15, 0.2) is 0 Å². The van der Waals surface area contributed by atoms with E-state index in [1.807, 2.05) is 0 Å². The van der Waals surface area contributed by atoms with E-state index in [1.165, 1.54) is 38.5 Å². The van der Waals surface area contributed by atoms with Gasteiger partial charge in [0.05, 0.1) is 6.61 Å². The van der Waals surface area contributed by atoms with Crippen molar-refractivity contribution in [3.63, 3.8) is 0 Å². The average molecular weight is 201 g/mol. The Bertz CT molecular complexity index is 84.3. The number of hydrogen-bond donors (Lipinski definition) is 1. The SMILES string of the molecule is CCCCCNCCOCCCCC. The number of ether oxygens (including phenoxy) is 1. The maximum absolute atomic E-state index is 5.48. The zero-order chi connectivity index (χ0) is 10.5. The van der Waals surface area contributed by atoms with Gasteiger partial charge in [0.25, 0.3) is 0 Å². The molecule has 0 aliphatic carbocycles. The molecule has 0 rings (SSSR count). The minimum Gasteiger partial charge on any atom is -0.380 e. The first-order chi connectivity index (χ1) is 6.91. The molecular weight excluding hydrogens is 174 g/mol. The van der Waals surface area contributed by atoms with Crippen molar-refractivity contribution in [3.8, 4) is 0 Å². The molecule has 0 saturated carbocycles. The van der Waals surface area contributed by atoms with E-state index in [1.54, 1.807) is 0 Å². The van der Waals surface area contributed by atoms with Gasteiger partial charge in [-0.2, -0.15) is 0 Å². The third-order valence-electron chi connectivity index (χ3n) is 2.27. The minimum absolute atomic E-state index is 0.871. The van der Waals surface area contributed by atoms with Crippen LogP contribution in [0.2, 0.25) is 0 Å². The molecule has 0 fully saturated rings. The molecule has 0 saturated heterocycles. The number of unbranched alkanes of at least 4 members (excludes halogenated alkanes) is 4. The molecule has 0 aliphatic heterocycles. The van der Waals surface area contributed by atoms with Gasteiger partial charge in [0.1, 0.15) is 0 Å². The molecule has 0 bridgehead atoms. The molecule has 86 valence electrons. The largest absolute Gasteiger partial charge is 0.380 e. The van der Waals surface area contributed by atoms with E-state index in [-0.39, 0.29) is 0 Å². The van der Waals surface area contributed by atoms with Gasteiger partial charge in [0, 0.05) is 13.2 Å². The lowest BCUT2D eigenvalue weighted by atomic mass is 10.2. The number of nitrogens with one attached hydrogen (secondary N) is 1. The summed E-state index contributed by atoms with van der Waals surface area (Å²) in [5, 5.41) is 3.39. The lowest BCUT2D eigenvalue weighted by Crippen LogP contribution is -2.21. The second-order valence-electron chi connectivity index (χ2n) is 3.78.